The standard InChI is InChI=1S/C9H15B/c1-5-8(4)9(10)6-7(2)3/h5-6H,1,10H2,2-4H3/b9-8-. The topological polar surface area (TPSA) is 0 Å². The first-order valence-electron chi connectivity index (χ1n) is 3.52. The molecule has 54 valence electrons. The molecule has 0 amide bonds. The Morgan fingerprint density at radius 3 is 2.10 bits per heavy atom. The Labute approximate surface area is 64.7 Å². The van der Waals surface area contributed by atoms with Crippen LogP contribution in [0.25, 0.3) is 0 Å². The third-order valence-corrected chi connectivity index (χ3v) is 1.43. The Morgan fingerprint density at radius 1 is 1.30 bits per heavy atom. The SMILES string of the molecule is B/C(C=C(C)C)=C(/C)C=C. The predicted molar refractivity (Wildman–Crippen MR) is 50.9 cm³/mol. The maximum absolute atomic E-state index is 3.70. The highest BCUT2D eigenvalue weighted by molar-refractivity contribution is 6.24. The predicted octanol–water partition coefficient (Wildman–Crippen LogP) is 2.05. The van der Waals surface area contributed by atoms with Crippen LogP contribution in [0.5, 0.6) is 0 Å². The fourth-order valence-corrected chi connectivity index (χ4v) is 0.708. The van der Waals surface area contributed by atoms with E-state index >= 15 is 0 Å². The van der Waals surface area contributed by atoms with Crippen molar-refractivity contribution in [3.8, 4) is 0 Å². The van der Waals surface area contributed by atoms with Crippen LogP contribution in [0.1, 0.15) is 20.8 Å². The summed E-state index contributed by atoms with van der Waals surface area (Å²) in [5.41, 5.74) is 3.88. The molecule has 0 atom stereocenters. The summed E-state index contributed by atoms with van der Waals surface area (Å²) in [6.07, 6.45) is 4.05. The van der Waals surface area contributed by atoms with E-state index in [1.54, 1.807) is 0 Å². The number of hydrogen-bond donors (Lipinski definition) is 0. The summed E-state index contributed by atoms with van der Waals surface area (Å²) in [6.45, 7) is 9.97. The summed E-state index contributed by atoms with van der Waals surface area (Å²) < 4.78 is 0. The average molecular weight is 134 g/mol. The van der Waals surface area contributed by atoms with Gasteiger partial charge in [-0.15, -0.1) is 0 Å². The van der Waals surface area contributed by atoms with Crippen molar-refractivity contribution in [1.82, 2.24) is 0 Å². The molecule has 0 unspecified atom stereocenters. The van der Waals surface area contributed by atoms with E-state index < -0.39 is 0 Å². The first kappa shape index (κ1) is 9.28. The lowest BCUT2D eigenvalue weighted by atomic mass is 9.89. The van der Waals surface area contributed by atoms with E-state index in [1.165, 1.54) is 16.6 Å². The fraction of sp³-hybridized carbons (Fsp3) is 0.333. The van der Waals surface area contributed by atoms with Gasteiger partial charge in [-0.05, 0) is 20.8 Å². The molecule has 0 bridgehead atoms. The molecule has 0 aliphatic carbocycles. The monoisotopic (exact) mass is 134 g/mol. The molecular weight excluding hydrogens is 119 g/mol. The third-order valence-electron chi connectivity index (χ3n) is 1.43. The van der Waals surface area contributed by atoms with Crippen LogP contribution in [0, 0.1) is 0 Å². The first-order chi connectivity index (χ1) is 4.57. The van der Waals surface area contributed by atoms with Crippen molar-refractivity contribution in [2.24, 2.45) is 0 Å². The molecule has 0 aromatic rings. The minimum atomic E-state index is 1.25. The molecule has 0 heterocycles. The van der Waals surface area contributed by atoms with Crippen LogP contribution in [0.4, 0.5) is 0 Å². The van der Waals surface area contributed by atoms with Gasteiger partial charge in [-0.2, -0.15) is 0 Å². The lowest BCUT2D eigenvalue weighted by Gasteiger charge is -1.97. The molecule has 0 spiro atoms. The van der Waals surface area contributed by atoms with E-state index in [1.807, 2.05) is 6.08 Å². The maximum atomic E-state index is 3.70. The van der Waals surface area contributed by atoms with Crippen molar-refractivity contribution in [1.29, 1.82) is 0 Å². The molecule has 1 heteroatoms. The Morgan fingerprint density at radius 2 is 1.80 bits per heavy atom. The molecule has 0 aromatic heterocycles. The molecule has 0 aromatic carbocycles. The van der Waals surface area contributed by atoms with Gasteiger partial charge in [-0.1, -0.05) is 35.3 Å². The smallest absolute Gasteiger partial charge is 0.0988 e. The van der Waals surface area contributed by atoms with E-state index in [9.17, 15) is 0 Å². The van der Waals surface area contributed by atoms with E-state index in [2.05, 4.69) is 41.3 Å². The number of allylic oxidation sites excluding steroid dienone is 5. The second-order valence-electron chi connectivity index (χ2n) is 2.79. The highest BCUT2D eigenvalue weighted by Crippen LogP contribution is 2.04. The molecule has 0 saturated heterocycles. The number of rotatable bonds is 2. The van der Waals surface area contributed by atoms with Crippen molar-refractivity contribution >= 4 is 7.85 Å². The zero-order valence-electron chi connectivity index (χ0n) is 7.36. The van der Waals surface area contributed by atoms with Gasteiger partial charge in [-0.3, -0.25) is 0 Å². The minimum absolute atomic E-state index is 1.25. The summed E-state index contributed by atoms with van der Waals surface area (Å²) in [4.78, 5) is 0. The summed E-state index contributed by atoms with van der Waals surface area (Å²) in [5, 5.41) is 0. The summed E-state index contributed by atoms with van der Waals surface area (Å²) in [6, 6.07) is 0. The third kappa shape index (κ3) is 3.34. The summed E-state index contributed by atoms with van der Waals surface area (Å²) in [5.74, 6) is 0. The average Bonchev–Trinajstić information content (AvgIpc) is 1.85. The lowest BCUT2D eigenvalue weighted by Crippen LogP contribution is -1.81. The molecule has 0 fully saturated rings. The molecule has 0 aliphatic rings. The highest BCUT2D eigenvalue weighted by atomic mass is 13.9. The van der Waals surface area contributed by atoms with Gasteiger partial charge in [0.05, 0.1) is 0 Å². The minimum Gasteiger partial charge on any atom is -0.0988 e. The Hall–Kier alpha value is -0.715. The highest BCUT2D eigenvalue weighted by Gasteiger charge is 1.86. The second-order valence-corrected chi connectivity index (χ2v) is 2.79. The molecule has 0 aliphatic heterocycles. The molecule has 0 radical (unpaired) electrons. The van der Waals surface area contributed by atoms with Crippen LogP contribution in [-0.2, 0) is 0 Å². The van der Waals surface area contributed by atoms with Gasteiger partial charge in [0, 0.05) is 0 Å². The van der Waals surface area contributed by atoms with Crippen molar-refractivity contribution in [3.05, 3.63) is 35.3 Å². The van der Waals surface area contributed by atoms with Crippen molar-refractivity contribution < 1.29 is 0 Å². The normalized spacial score (nSPS) is 11.9. The molecule has 0 saturated carbocycles. The van der Waals surface area contributed by atoms with Crippen LogP contribution in [-0.4, -0.2) is 7.85 Å². The Balaban J connectivity index is 4.48. The first-order valence-corrected chi connectivity index (χ1v) is 3.52. The molecular formula is C9H15B. The van der Waals surface area contributed by atoms with Crippen LogP contribution < -0.4 is 0 Å². The second kappa shape index (κ2) is 4.16. The van der Waals surface area contributed by atoms with Crippen LogP contribution in [0.3, 0.4) is 0 Å². The molecule has 0 nitrogen and oxygen atoms in total. The van der Waals surface area contributed by atoms with Gasteiger partial charge in [0.15, 0.2) is 0 Å². The zero-order chi connectivity index (χ0) is 8.15. The van der Waals surface area contributed by atoms with Gasteiger partial charge in [0.1, 0.15) is 7.85 Å². The van der Waals surface area contributed by atoms with E-state index in [4.69, 9.17) is 0 Å². The fourth-order valence-electron chi connectivity index (χ4n) is 0.708. The Bertz CT molecular complexity index is 181. The van der Waals surface area contributed by atoms with E-state index in [0.29, 0.717) is 0 Å². The maximum Gasteiger partial charge on any atom is 0.139 e. The summed E-state index contributed by atoms with van der Waals surface area (Å²) >= 11 is 0. The lowest BCUT2D eigenvalue weighted by molar-refractivity contribution is 1.37. The molecule has 10 heavy (non-hydrogen) atoms. The molecule has 0 rings (SSSR count). The number of hydrogen-bond acceptors (Lipinski definition) is 0. The van der Waals surface area contributed by atoms with E-state index in [0.717, 1.165) is 0 Å². The van der Waals surface area contributed by atoms with Gasteiger partial charge in [0.2, 0.25) is 0 Å². The van der Waals surface area contributed by atoms with Crippen molar-refractivity contribution in [2.45, 2.75) is 20.8 Å². The van der Waals surface area contributed by atoms with Crippen LogP contribution >= 0.6 is 0 Å². The largest absolute Gasteiger partial charge is 0.139 e. The van der Waals surface area contributed by atoms with Gasteiger partial charge < -0.3 is 0 Å². The quantitative estimate of drug-likeness (QED) is 0.400. The van der Waals surface area contributed by atoms with Crippen molar-refractivity contribution in [2.75, 3.05) is 0 Å². The van der Waals surface area contributed by atoms with Crippen molar-refractivity contribution in [3.63, 3.8) is 0 Å². The molecule has 0 N–H and O–H groups in total. The van der Waals surface area contributed by atoms with Crippen LogP contribution in [0.15, 0.2) is 35.3 Å². The van der Waals surface area contributed by atoms with Gasteiger partial charge in [-0.25, -0.2) is 0 Å². The van der Waals surface area contributed by atoms with Gasteiger partial charge in [0.25, 0.3) is 0 Å². The van der Waals surface area contributed by atoms with E-state index in [-0.39, 0.29) is 0 Å². The zero-order valence-corrected chi connectivity index (χ0v) is 7.36. The van der Waals surface area contributed by atoms with Gasteiger partial charge >= 0.3 is 0 Å². The Kier molecular flexibility index (Phi) is 3.86. The summed E-state index contributed by atoms with van der Waals surface area (Å²) in [7, 11) is 2.10. The van der Waals surface area contributed by atoms with Crippen LogP contribution in [0.2, 0.25) is 0 Å².